The first kappa shape index (κ1) is 34.0. The quantitative estimate of drug-likeness (QED) is 0.184. The number of carbonyl (C=O) groups is 1. The Morgan fingerprint density at radius 3 is 1.64 bits per heavy atom. The standard InChI is InChI=1S/C35H28F9NO2/c36-33(37,38)26-13-11-22(12-14-26)21-47-30-15-16-45(32(46)25-17-27(34(39,40)41)19-28(18-25)35(42,43)44)20-29(30)31(23-7-3-1-4-8-23)24-9-5-2-6-10-24/h1-14,17-19,29-31H,15-16,20-21H2/t29-,30+/m1/s1. The number of rotatable bonds is 7. The summed E-state index contributed by atoms with van der Waals surface area (Å²) in [6, 6.07) is 23.7. The summed E-state index contributed by atoms with van der Waals surface area (Å²) in [5, 5.41) is 0. The number of piperidine rings is 1. The van der Waals surface area contributed by atoms with Crippen molar-refractivity contribution in [3.05, 3.63) is 142 Å². The molecule has 12 heteroatoms. The number of ether oxygens (including phenoxy) is 1. The molecule has 1 heterocycles. The fourth-order valence-corrected chi connectivity index (χ4v) is 5.93. The van der Waals surface area contributed by atoms with Gasteiger partial charge in [-0.3, -0.25) is 4.79 Å². The maximum Gasteiger partial charge on any atom is 0.416 e. The van der Waals surface area contributed by atoms with E-state index >= 15 is 0 Å². The minimum Gasteiger partial charge on any atom is -0.373 e. The largest absolute Gasteiger partial charge is 0.416 e. The van der Waals surface area contributed by atoms with E-state index in [9.17, 15) is 44.3 Å². The average Bonchev–Trinajstić information content (AvgIpc) is 3.03. The van der Waals surface area contributed by atoms with Gasteiger partial charge in [-0.1, -0.05) is 72.8 Å². The fourth-order valence-electron chi connectivity index (χ4n) is 5.93. The van der Waals surface area contributed by atoms with Crippen LogP contribution in [0.2, 0.25) is 0 Å². The highest BCUT2D eigenvalue weighted by Crippen LogP contribution is 2.41. The summed E-state index contributed by atoms with van der Waals surface area (Å²) < 4.78 is 127. The first-order valence-electron chi connectivity index (χ1n) is 14.6. The van der Waals surface area contributed by atoms with Crippen LogP contribution in [0.15, 0.2) is 103 Å². The van der Waals surface area contributed by atoms with Crippen LogP contribution in [0.4, 0.5) is 39.5 Å². The van der Waals surface area contributed by atoms with E-state index in [0.29, 0.717) is 17.7 Å². The molecule has 0 N–H and O–H groups in total. The van der Waals surface area contributed by atoms with Crippen molar-refractivity contribution in [2.75, 3.05) is 13.1 Å². The molecule has 248 valence electrons. The number of benzene rings is 4. The molecular weight excluding hydrogens is 637 g/mol. The molecule has 1 aliphatic rings. The van der Waals surface area contributed by atoms with Crippen LogP contribution >= 0.6 is 0 Å². The second-order valence-electron chi connectivity index (χ2n) is 11.3. The monoisotopic (exact) mass is 665 g/mol. The van der Waals surface area contributed by atoms with Crippen molar-refractivity contribution in [2.45, 2.75) is 43.6 Å². The molecule has 1 amide bonds. The lowest BCUT2D eigenvalue weighted by Crippen LogP contribution is -2.49. The normalized spacial score (nSPS) is 17.6. The number of likely N-dealkylation sites (tertiary alicyclic amines) is 1. The molecule has 0 aromatic heterocycles. The van der Waals surface area contributed by atoms with Crippen molar-refractivity contribution in [2.24, 2.45) is 5.92 Å². The molecule has 0 radical (unpaired) electrons. The van der Waals surface area contributed by atoms with Gasteiger partial charge >= 0.3 is 18.5 Å². The van der Waals surface area contributed by atoms with Gasteiger partial charge in [-0.2, -0.15) is 39.5 Å². The Bertz CT molecular complexity index is 1580. The molecule has 0 saturated carbocycles. The summed E-state index contributed by atoms with van der Waals surface area (Å²) in [7, 11) is 0. The number of carbonyl (C=O) groups excluding carboxylic acids is 1. The lowest BCUT2D eigenvalue weighted by atomic mass is 9.75. The topological polar surface area (TPSA) is 29.5 Å². The molecular formula is C35H28F9NO2. The zero-order valence-corrected chi connectivity index (χ0v) is 24.5. The molecule has 2 atom stereocenters. The molecule has 3 nitrogen and oxygen atoms in total. The minimum atomic E-state index is -5.12. The van der Waals surface area contributed by atoms with Crippen molar-refractivity contribution in [3.63, 3.8) is 0 Å². The van der Waals surface area contributed by atoms with Crippen molar-refractivity contribution in [3.8, 4) is 0 Å². The third kappa shape index (κ3) is 8.16. The van der Waals surface area contributed by atoms with E-state index in [2.05, 4.69) is 0 Å². The second kappa shape index (κ2) is 13.4. The lowest BCUT2D eigenvalue weighted by Gasteiger charge is -2.42. The SMILES string of the molecule is O=C(c1cc(C(F)(F)F)cc(C(F)(F)F)c1)N1CC[C@H](OCc2ccc(C(F)(F)F)cc2)[C@H](C(c2ccccc2)c2ccccc2)C1. The predicted molar refractivity (Wildman–Crippen MR) is 155 cm³/mol. The number of hydrogen-bond donors (Lipinski definition) is 0. The van der Waals surface area contributed by atoms with Crippen molar-refractivity contribution < 1.29 is 49.0 Å². The maximum atomic E-state index is 13.7. The second-order valence-corrected chi connectivity index (χ2v) is 11.3. The third-order valence-electron chi connectivity index (χ3n) is 8.20. The Balaban J connectivity index is 1.50. The Morgan fingerprint density at radius 1 is 0.681 bits per heavy atom. The van der Waals surface area contributed by atoms with Crippen LogP contribution < -0.4 is 0 Å². The zero-order chi connectivity index (χ0) is 34.0. The molecule has 0 spiro atoms. The van der Waals surface area contributed by atoms with Gasteiger partial charge in [-0.15, -0.1) is 0 Å². The number of nitrogens with zero attached hydrogens (tertiary/aromatic N) is 1. The molecule has 0 unspecified atom stereocenters. The highest BCUT2D eigenvalue weighted by Gasteiger charge is 2.41. The molecule has 0 bridgehead atoms. The van der Waals surface area contributed by atoms with Gasteiger partial charge in [0.2, 0.25) is 0 Å². The lowest BCUT2D eigenvalue weighted by molar-refractivity contribution is -0.143. The fraction of sp³-hybridized carbons (Fsp3) is 0.286. The highest BCUT2D eigenvalue weighted by molar-refractivity contribution is 5.94. The van der Waals surface area contributed by atoms with Gasteiger partial charge < -0.3 is 9.64 Å². The number of amides is 1. The molecule has 5 rings (SSSR count). The molecule has 0 aliphatic carbocycles. The molecule has 4 aromatic carbocycles. The Morgan fingerprint density at radius 2 is 1.17 bits per heavy atom. The smallest absolute Gasteiger partial charge is 0.373 e. The van der Waals surface area contributed by atoms with E-state index in [1.54, 1.807) is 0 Å². The molecule has 47 heavy (non-hydrogen) atoms. The summed E-state index contributed by atoms with van der Waals surface area (Å²) in [4.78, 5) is 14.9. The van der Waals surface area contributed by atoms with Gasteiger partial charge in [0.05, 0.1) is 29.4 Å². The van der Waals surface area contributed by atoms with Crippen LogP contribution in [0.1, 0.15) is 56.1 Å². The van der Waals surface area contributed by atoms with E-state index in [4.69, 9.17) is 4.74 Å². The third-order valence-corrected chi connectivity index (χ3v) is 8.20. The molecule has 1 saturated heterocycles. The maximum absolute atomic E-state index is 13.7. The van der Waals surface area contributed by atoms with Crippen molar-refractivity contribution in [1.82, 2.24) is 4.90 Å². The summed E-state index contributed by atoms with van der Waals surface area (Å²) in [5.74, 6) is -1.95. The van der Waals surface area contributed by atoms with Gasteiger partial charge in [0, 0.05) is 30.5 Å². The number of halogens is 9. The van der Waals surface area contributed by atoms with Gasteiger partial charge in [-0.25, -0.2) is 0 Å². The van der Waals surface area contributed by atoms with Crippen molar-refractivity contribution in [1.29, 1.82) is 0 Å². The Hall–Kier alpha value is -4.32. The summed E-state index contributed by atoms with van der Waals surface area (Å²) >= 11 is 0. The zero-order valence-electron chi connectivity index (χ0n) is 24.5. The summed E-state index contributed by atoms with van der Waals surface area (Å²) in [6.07, 6.45) is -15.2. The Labute approximate surface area is 264 Å². The van der Waals surface area contributed by atoms with Gasteiger partial charge in [0.15, 0.2) is 0 Å². The van der Waals surface area contributed by atoms with Crippen LogP contribution in [-0.4, -0.2) is 30.0 Å². The van der Waals surface area contributed by atoms with Crippen LogP contribution in [-0.2, 0) is 29.9 Å². The summed E-state index contributed by atoms with van der Waals surface area (Å²) in [5.41, 5.74) is -2.61. The molecule has 1 aliphatic heterocycles. The predicted octanol–water partition coefficient (Wildman–Crippen LogP) is 9.62. The number of alkyl halides is 9. The van der Waals surface area contributed by atoms with Crippen molar-refractivity contribution >= 4 is 5.91 Å². The first-order valence-corrected chi connectivity index (χ1v) is 14.6. The number of hydrogen-bond acceptors (Lipinski definition) is 2. The summed E-state index contributed by atoms with van der Waals surface area (Å²) in [6.45, 7) is -0.185. The van der Waals surface area contributed by atoms with Gasteiger partial charge in [-0.05, 0) is 53.4 Å². The molecule has 4 aromatic rings. The van der Waals surface area contributed by atoms with Gasteiger partial charge in [0.1, 0.15) is 0 Å². The van der Waals surface area contributed by atoms with Crippen LogP contribution in [0.3, 0.4) is 0 Å². The van der Waals surface area contributed by atoms with E-state index in [-0.39, 0.29) is 32.2 Å². The first-order chi connectivity index (χ1) is 22.1. The van der Waals surface area contributed by atoms with E-state index in [0.717, 1.165) is 23.3 Å². The van der Waals surface area contributed by atoms with Crippen LogP contribution in [0, 0.1) is 5.92 Å². The van der Waals surface area contributed by atoms with Crippen LogP contribution in [0.5, 0.6) is 0 Å². The molecule has 1 fully saturated rings. The highest BCUT2D eigenvalue weighted by atomic mass is 19.4. The average molecular weight is 666 g/mol. The minimum absolute atomic E-state index is 0.0260. The van der Waals surface area contributed by atoms with E-state index in [1.807, 2.05) is 60.7 Å². The van der Waals surface area contributed by atoms with Gasteiger partial charge in [0.25, 0.3) is 5.91 Å². The van der Waals surface area contributed by atoms with Crippen LogP contribution in [0.25, 0.3) is 0 Å². The Kier molecular flexibility index (Phi) is 9.72. The van der Waals surface area contributed by atoms with E-state index < -0.39 is 64.6 Å². The van der Waals surface area contributed by atoms with E-state index in [1.165, 1.54) is 17.0 Å².